The van der Waals surface area contributed by atoms with Crippen LogP contribution in [-0.4, -0.2) is 5.78 Å². The first-order chi connectivity index (χ1) is 8.65. The van der Waals surface area contributed by atoms with Gasteiger partial charge < -0.3 is 0 Å². The molecule has 0 fully saturated rings. The fraction of sp³-hybridized carbons (Fsp3) is 0.400. The summed E-state index contributed by atoms with van der Waals surface area (Å²) in [6.45, 7) is 3.62. The summed E-state index contributed by atoms with van der Waals surface area (Å²) >= 11 is 0. The normalized spacial score (nSPS) is 10.3. The predicted octanol–water partition coefficient (Wildman–Crippen LogP) is 4.21. The van der Waals surface area contributed by atoms with Crippen molar-refractivity contribution in [1.29, 1.82) is 0 Å². The van der Waals surface area contributed by atoms with Crippen LogP contribution in [-0.2, 0) is 11.2 Å². The average molecular weight is 252 g/mol. The highest BCUT2D eigenvalue weighted by Gasteiger charge is 2.12. The van der Waals surface area contributed by atoms with E-state index < -0.39 is 11.6 Å². The van der Waals surface area contributed by atoms with Crippen LogP contribution in [0.5, 0.6) is 0 Å². The molecule has 0 spiro atoms. The molecule has 0 aliphatic rings. The highest BCUT2D eigenvalue weighted by molar-refractivity contribution is 5.80. The van der Waals surface area contributed by atoms with Crippen LogP contribution in [0.15, 0.2) is 30.9 Å². The first kappa shape index (κ1) is 14.6. The van der Waals surface area contributed by atoms with Gasteiger partial charge in [0.25, 0.3) is 0 Å². The minimum absolute atomic E-state index is 0.113. The van der Waals surface area contributed by atoms with Crippen LogP contribution in [0, 0.1) is 11.6 Å². The average Bonchev–Trinajstić information content (AvgIpc) is 2.34. The van der Waals surface area contributed by atoms with Gasteiger partial charge in [0.2, 0.25) is 0 Å². The zero-order chi connectivity index (χ0) is 13.4. The molecule has 0 unspecified atom stereocenters. The predicted molar refractivity (Wildman–Crippen MR) is 68.4 cm³/mol. The monoisotopic (exact) mass is 252 g/mol. The number of ketones is 1. The molecule has 0 heterocycles. The number of rotatable bonds is 8. The number of carbonyl (C=O) groups excluding carboxylic acids is 1. The Kier molecular flexibility index (Phi) is 6.26. The van der Waals surface area contributed by atoms with Crippen molar-refractivity contribution in [2.45, 2.75) is 38.5 Å². The molecule has 0 atom stereocenters. The Hall–Kier alpha value is -1.51. The van der Waals surface area contributed by atoms with Gasteiger partial charge in [-0.3, -0.25) is 4.79 Å². The Morgan fingerprint density at radius 2 is 1.83 bits per heavy atom. The summed E-state index contributed by atoms with van der Waals surface area (Å²) in [5.74, 6) is -1.40. The SMILES string of the molecule is C=CCCCCCC(=O)Cc1c(F)cccc1F. The number of hydrogen-bond acceptors (Lipinski definition) is 1. The molecule has 0 radical (unpaired) electrons. The summed E-state index contributed by atoms with van der Waals surface area (Å²) in [5.41, 5.74) is -0.117. The fourth-order valence-electron chi connectivity index (χ4n) is 1.77. The van der Waals surface area contributed by atoms with Gasteiger partial charge in [-0.1, -0.05) is 18.6 Å². The van der Waals surface area contributed by atoms with Crippen LogP contribution in [0.4, 0.5) is 8.78 Å². The molecule has 0 aromatic heterocycles. The minimum Gasteiger partial charge on any atom is -0.299 e. The third-order valence-electron chi connectivity index (χ3n) is 2.80. The first-order valence-electron chi connectivity index (χ1n) is 6.20. The minimum atomic E-state index is -0.644. The van der Waals surface area contributed by atoms with Gasteiger partial charge in [-0.25, -0.2) is 8.78 Å². The summed E-state index contributed by atoms with van der Waals surface area (Å²) in [7, 11) is 0. The van der Waals surface area contributed by atoms with Crippen LogP contribution >= 0.6 is 0 Å². The maximum Gasteiger partial charge on any atom is 0.137 e. The Morgan fingerprint density at radius 1 is 1.17 bits per heavy atom. The van der Waals surface area contributed by atoms with Crippen molar-refractivity contribution < 1.29 is 13.6 Å². The van der Waals surface area contributed by atoms with Gasteiger partial charge in [0.05, 0.1) is 0 Å². The van der Waals surface area contributed by atoms with E-state index in [0.717, 1.165) is 25.7 Å². The van der Waals surface area contributed by atoms with Crippen LogP contribution in [0.2, 0.25) is 0 Å². The lowest BCUT2D eigenvalue weighted by Gasteiger charge is -2.04. The van der Waals surface area contributed by atoms with Gasteiger partial charge in [-0.05, 0) is 31.4 Å². The van der Waals surface area contributed by atoms with E-state index in [2.05, 4.69) is 6.58 Å². The van der Waals surface area contributed by atoms with Gasteiger partial charge in [0.1, 0.15) is 17.4 Å². The smallest absolute Gasteiger partial charge is 0.137 e. The van der Waals surface area contributed by atoms with E-state index in [-0.39, 0.29) is 17.8 Å². The molecular formula is C15H18F2O. The zero-order valence-electron chi connectivity index (χ0n) is 10.4. The summed E-state index contributed by atoms with van der Waals surface area (Å²) in [6.07, 6.45) is 5.72. The molecule has 0 saturated carbocycles. The Labute approximate surface area is 107 Å². The second-order valence-corrected chi connectivity index (χ2v) is 4.30. The second-order valence-electron chi connectivity index (χ2n) is 4.30. The quantitative estimate of drug-likeness (QED) is 0.500. The molecule has 18 heavy (non-hydrogen) atoms. The van der Waals surface area contributed by atoms with Gasteiger partial charge >= 0.3 is 0 Å². The van der Waals surface area contributed by atoms with Crippen LogP contribution < -0.4 is 0 Å². The third kappa shape index (κ3) is 4.78. The molecular weight excluding hydrogens is 234 g/mol. The Balaban J connectivity index is 2.38. The summed E-state index contributed by atoms with van der Waals surface area (Å²) in [6, 6.07) is 3.65. The summed E-state index contributed by atoms with van der Waals surface area (Å²) in [4.78, 5) is 11.6. The van der Waals surface area contributed by atoms with Crippen molar-refractivity contribution in [3.63, 3.8) is 0 Å². The lowest BCUT2D eigenvalue weighted by molar-refractivity contribution is -0.118. The summed E-state index contributed by atoms with van der Waals surface area (Å²) < 4.78 is 26.6. The summed E-state index contributed by atoms with van der Waals surface area (Å²) in [5, 5.41) is 0. The van der Waals surface area contributed by atoms with E-state index in [1.54, 1.807) is 0 Å². The molecule has 0 bridgehead atoms. The lowest BCUT2D eigenvalue weighted by Crippen LogP contribution is -2.06. The highest BCUT2D eigenvalue weighted by Crippen LogP contribution is 2.14. The van der Waals surface area contributed by atoms with Gasteiger partial charge in [0.15, 0.2) is 0 Å². The molecule has 3 heteroatoms. The molecule has 98 valence electrons. The first-order valence-corrected chi connectivity index (χ1v) is 6.20. The van der Waals surface area contributed by atoms with E-state index in [4.69, 9.17) is 0 Å². The van der Waals surface area contributed by atoms with E-state index in [1.807, 2.05) is 6.08 Å². The van der Waals surface area contributed by atoms with E-state index in [9.17, 15) is 13.6 Å². The Morgan fingerprint density at radius 3 is 2.44 bits per heavy atom. The van der Waals surface area contributed by atoms with Crippen LogP contribution in [0.25, 0.3) is 0 Å². The number of unbranched alkanes of at least 4 members (excludes halogenated alkanes) is 3. The number of Topliss-reactive ketones (excluding diaryl/α,β-unsaturated/α-hetero) is 1. The molecule has 0 N–H and O–H groups in total. The zero-order valence-corrected chi connectivity index (χ0v) is 10.4. The number of carbonyl (C=O) groups is 1. The maximum absolute atomic E-state index is 13.3. The van der Waals surface area contributed by atoms with Crippen LogP contribution in [0.3, 0.4) is 0 Å². The molecule has 0 aliphatic heterocycles. The van der Waals surface area contributed by atoms with Gasteiger partial charge in [-0.2, -0.15) is 0 Å². The van der Waals surface area contributed by atoms with Crippen molar-refractivity contribution in [1.82, 2.24) is 0 Å². The van der Waals surface area contributed by atoms with E-state index in [0.29, 0.717) is 6.42 Å². The van der Waals surface area contributed by atoms with Crippen molar-refractivity contribution in [3.8, 4) is 0 Å². The standard InChI is InChI=1S/C15H18F2O/c1-2-3-4-5-6-8-12(18)11-13-14(16)9-7-10-15(13)17/h2,7,9-10H,1,3-6,8,11H2. The van der Waals surface area contributed by atoms with Crippen molar-refractivity contribution >= 4 is 5.78 Å². The Bertz CT molecular complexity index is 393. The maximum atomic E-state index is 13.3. The number of benzene rings is 1. The molecule has 0 saturated heterocycles. The second kappa shape index (κ2) is 7.75. The topological polar surface area (TPSA) is 17.1 Å². The van der Waals surface area contributed by atoms with Crippen LogP contribution in [0.1, 0.15) is 37.7 Å². The number of hydrogen-bond donors (Lipinski definition) is 0. The van der Waals surface area contributed by atoms with Crippen molar-refractivity contribution in [2.75, 3.05) is 0 Å². The molecule has 0 aliphatic carbocycles. The third-order valence-corrected chi connectivity index (χ3v) is 2.80. The highest BCUT2D eigenvalue weighted by atomic mass is 19.1. The van der Waals surface area contributed by atoms with Gasteiger partial charge in [0, 0.05) is 18.4 Å². The largest absolute Gasteiger partial charge is 0.299 e. The van der Waals surface area contributed by atoms with Crippen molar-refractivity contribution in [3.05, 3.63) is 48.1 Å². The fourth-order valence-corrected chi connectivity index (χ4v) is 1.77. The lowest BCUT2D eigenvalue weighted by atomic mass is 10.0. The van der Waals surface area contributed by atoms with E-state index >= 15 is 0 Å². The number of halogens is 2. The van der Waals surface area contributed by atoms with Gasteiger partial charge in [-0.15, -0.1) is 6.58 Å². The molecule has 1 nitrogen and oxygen atoms in total. The van der Waals surface area contributed by atoms with Crippen molar-refractivity contribution in [2.24, 2.45) is 0 Å². The molecule has 0 amide bonds. The molecule has 1 rings (SSSR count). The van der Waals surface area contributed by atoms with E-state index in [1.165, 1.54) is 18.2 Å². The molecule has 1 aromatic carbocycles. The molecule has 1 aromatic rings. The number of allylic oxidation sites excluding steroid dienone is 1.